The lowest BCUT2D eigenvalue weighted by Crippen LogP contribution is -2.15. The first-order valence-electron chi connectivity index (χ1n) is 5.93. The minimum absolute atomic E-state index is 0.220. The molecule has 1 aliphatic carbocycles. The molecular weight excluding hydrogens is 204 g/mol. The van der Waals surface area contributed by atoms with E-state index in [2.05, 4.69) is 17.2 Å². The first-order valence-corrected chi connectivity index (χ1v) is 5.93. The smallest absolute Gasteiger partial charge is 0.223 e. The summed E-state index contributed by atoms with van der Waals surface area (Å²) >= 11 is 0. The zero-order valence-electron chi connectivity index (χ0n) is 9.65. The molecule has 5 nitrogen and oxygen atoms in total. The number of carbonyl (C=O) groups excluding carboxylic acids is 1. The highest BCUT2D eigenvalue weighted by molar-refractivity contribution is 5.76. The van der Waals surface area contributed by atoms with Gasteiger partial charge < -0.3 is 5.73 Å². The lowest BCUT2D eigenvalue weighted by atomic mass is 10.1. The number of hydrogen-bond donors (Lipinski definition) is 1. The van der Waals surface area contributed by atoms with Gasteiger partial charge in [-0.2, -0.15) is 0 Å². The van der Waals surface area contributed by atoms with Crippen LogP contribution in [0.5, 0.6) is 0 Å². The van der Waals surface area contributed by atoms with E-state index < -0.39 is 0 Å². The molecule has 1 aromatic heterocycles. The SMILES string of the molecule is CCCCn1nnc(CC(N)=O)c1C1CC1. The standard InChI is InChI=1S/C11H18N4O/c1-2-3-6-15-11(8-4-5-8)9(13-14-15)7-10(12)16/h8H,2-7H2,1H3,(H2,12,16). The van der Waals surface area contributed by atoms with Gasteiger partial charge in [-0.3, -0.25) is 4.79 Å². The van der Waals surface area contributed by atoms with E-state index >= 15 is 0 Å². The molecule has 1 aliphatic rings. The topological polar surface area (TPSA) is 73.8 Å². The van der Waals surface area contributed by atoms with Gasteiger partial charge in [0.2, 0.25) is 5.91 Å². The molecular formula is C11H18N4O. The Morgan fingerprint density at radius 2 is 2.31 bits per heavy atom. The van der Waals surface area contributed by atoms with E-state index in [1.807, 2.05) is 4.68 Å². The number of primary amides is 1. The summed E-state index contributed by atoms with van der Waals surface area (Å²) in [5.74, 6) is 0.227. The summed E-state index contributed by atoms with van der Waals surface area (Å²) in [4.78, 5) is 10.9. The van der Waals surface area contributed by atoms with Crippen molar-refractivity contribution >= 4 is 5.91 Å². The Morgan fingerprint density at radius 3 is 2.88 bits per heavy atom. The van der Waals surface area contributed by atoms with Crippen LogP contribution >= 0.6 is 0 Å². The van der Waals surface area contributed by atoms with Crippen molar-refractivity contribution in [2.75, 3.05) is 0 Å². The van der Waals surface area contributed by atoms with Crippen LogP contribution in [-0.4, -0.2) is 20.9 Å². The lowest BCUT2D eigenvalue weighted by molar-refractivity contribution is -0.117. The molecule has 2 N–H and O–H groups in total. The molecule has 0 spiro atoms. The second kappa shape index (κ2) is 4.63. The number of rotatable bonds is 6. The van der Waals surface area contributed by atoms with Crippen LogP contribution in [0.3, 0.4) is 0 Å². The van der Waals surface area contributed by atoms with Crippen LogP contribution in [0.2, 0.25) is 0 Å². The molecule has 88 valence electrons. The van der Waals surface area contributed by atoms with E-state index in [0.717, 1.165) is 30.8 Å². The van der Waals surface area contributed by atoms with E-state index in [1.54, 1.807) is 0 Å². The second-order valence-electron chi connectivity index (χ2n) is 4.42. The third-order valence-electron chi connectivity index (χ3n) is 2.88. The summed E-state index contributed by atoms with van der Waals surface area (Å²) in [7, 11) is 0. The van der Waals surface area contributed by atoms with Gasteiger partial charge in [0.25, 0.3) is 0 Å². The molecule has 1 aromatic rings. The number of unbranched alkanes of at least 4 members (excludes halogenated alkanes) is 1. The first kappa shape index (κ1) is 11.1. The monoisotopic (exact) mass is 222 g/mol. The van der Waals surface area contributed by atoms with Gasteiger partial charge in [-0.1, -0.05) is 18.6 Å². The Bertz CT molecular complexity index is 381. The fourth-order valence-corrected chi connectivity index (χ4v) is 1.92. The van der Waals surface area contributed by atoms with Gasteiger partial charge in [0.15, 0.2) is 0 Å². The molecule has 0 radical (unpaired) electrons. The average molecular weight is 222 g/mol. The molecule has 1 heterocycles. The quantitative estimate of drug-likeness (QED) is 0.779. The van der Waals surface area contributed by atoms with Gasteiger partial charge in [0.1, 0.15) is 0 Å². The predicted molar refractivity (Wildman–Crippen MR) is 59.8 cm³/mol. The second-order valence-corrected chi connectivity index (χ2v) is 4.42. The lowest BCUT2D eigenvalue weighted by Gasteiger charge is -2.05. The number of nitrogens with two attached hydrogens (primary N) is 1. The first-order chi connectivity index (χ1) is 7.72. The van der Waals surface area contributed by atoms with E-state index in [9.17, 15) is 4.79 Å². The van der Waals surface area contributed by atoms with Crippen molar-refractivity contribution in [1.29, 1.82) is 0 Å². The molecule has 0 aliphatic heterocycles. The van der Waals surface area contributed by atoms with Gasteiger partial charge in [-0.05, 0) is 19.3 Å². The van der Waals surface area contributed by atoms with Gasteiger partial charge in [0, 0.05) is 12.5 Å². The van der Waals surface area contributed by atoms with E-state index in [4.69, 9.17) is 5.73 Å². The molecule has 0 atom stereocenters. The molecule has 1 amide bonds. The van der Waals surface area contributed by atoms with Crippen molar-refractivity contribution in [3.8, 4) is 0 Å². The van der Waals surface area contributed by atoms with Crippen LogP contribution in [0.25, 0.3) is 0 Å². The number of nitrogens with zero attached hydrogens (tertiary/aromatic N) is 3. The summed E-state index contributed by atoms with van der Waals surface area (Å²) in [5.41, 5.74) is 7.14. The molecule has 2 rings (SSSR count). The van der Waals surface area contributed by atoms with E-state index in [0.29, 0.717) is 5.92 Å². The molecule has 16 heavy (non-hydrogen) atoms. The zero-order valence-corrected chi connectivity index (χ0v) is 9.65. The normalized spacial score (nSPS) is 15.3. The Hall–Kier alpha value is -1.39. The number of aromatic nitrogens is 3. The Labute approximate surface area is 95.0 Å². The molecule has 1 saturated carbocycles. The number of amides is 1. The van der Waals surface area contributed by atoms with Crippen LogP contribution in [-0.2, 0) is 17.8 Å². The van der Waals surface area contributed by atoms with Gasteiger partial charge >= 0.3 is 0 Å². The Morgan fingerprint density at radius 1 is 1.56 bits per heavy atom. The number of hydrogen-bond acceptors (Lipinski definition) is 3. The maximum atomic E-state index is 10.9. The minimum Gasteiger partial charge on any atom is -0.369 e. The van der Waals surface area contributed by atoms with E-state index in [1.165, 1.54) is 12.8 Å². The highest BCUT2D eigenvalue weighted by atomic mass is 16.1. The summed E-state index contributed by atoms with van der Waals surface area (Å²) < 4.78 is 1.96. The third kappa shape index (κ3) is 2.40. The number of carbonyl (C=O) groups is 1. The van der Waals surface area contributed by atoms with Crippen LogP contribution in [0.4, 0.5) is 0 Å². The highest BCUT2D eigenvalue weighted by Crippen LogP contribution is 2.41. The average Bonchev–Trinajstić information content (AvgIpc) is 2.99. The van der Waals surface area contributed by atoms with Crippen LogP contribution < -0.4 is 5.73 Å². The summed E-state index contributed by atoms with van der Waals surface area (Å²) in [6.45, 7) is 3.05. The zero-order chi connectivity index (χ0) is 11.5. The molecule has 0 aromatic carbocycles. The highest BCUT2D eigenvalue weighted by Gasteiger charge is 2.31. The van der Waals surface area contributed by atoms with Crippen LogP contribution in [0.15, 0.2) is 0 Å². The van der Waals surface area contributed by atoms with Crippen molar-refractivity contribution < 1.29 is 4.79 Å². The Kier molecular flexibility index (Phi) is 3.22. The van der Waals surface area contributed by atoms with E-state index in [-0.39, 0.29) is 12.3 Å². The third-order valence-corrected chi connectivity index (χ3v) is 2.88. The maximum Gasteiger partial charge on any atom is 0.223 e. The predicted octanol–water partition coefficient (Wildman–Crippen LogP) is 0.983. The Balaban J connectivity index is 2.17. The number of aryl methyl sites for hydroxylation is 1. The largest absolute Gasteiger partial charge is 0.369 e. The van der Waals surface area contributed by atoms with Crippen molar-refractivity contribution in [1.82, 2.24) is 15.0 Å². The van der Waals surface area contributed by atoms with Gasteiger partial charge in [-0.25, -0.2) is 4.68 Å². The van der Waals surface area contributed by atoms with Crippen LogP contribution in [0, 0.1) is 0 Å². The van der Waals surface area contributed by atoms with Crippen molar-refractivity contribution in [3.05, 3.63) is 11.4 Å². The van der Waals surface area contributed by atoms with Crippen molar-refractivity contribution in [2.45, 2.75) is 51.5 Å². The summed E-state index contributed by atoms with van der Waals surface area (Å²) in [6.07, 6.45) is 4.82. The van der Waals surface area contributed by atoms with Gasteiger partial charge in [0.05, 0.1) is 17.8 Å². The summed E-state index contributed by atoms with van der Waals surface area (Å²) in [6, 6.07) is 0. The minimum atomic E-state index is -0.329. The van der Waals surface area contributed by atoms with Crippen molar-refractivity contribution in [2.24, 2.45) is 5.73 Å². The molecule has 5 heteroatoms. The maximum absolute atomic E-state index is 10.9. The molecule has 0 saturated heterocycles. The fourth-order valence-electron chi connectivity index (χ4n) is 1.92. The van der Waals surface area contributed by atoms with Crippen LogP contribution in [0.1, 0.15) is 49.9 Å². The molecule has 1 fully saturated rings. The molecule has 0 bridgehead atoms. The molecule has 0 unspecified atom stereocenters. The summed E-state index contributed by atoms with van der Waals surface area (Å²) in [5, 5.41) is 8.21. The van der Waals surface area contributed by atoms with Crippen molar-refractivity contribution in [3.63, 3.8) is 0 Å². The van der Waals surface area contributed by atoms with Gasteiger partial charge in [-0.15, -0.1) is 5.10 Å². The fraction of sp³-hybridized carbons (Fsp3) is 0.727.